The molecule has 164 valence electrons. The number of fused-ring (bicyclic) bond motifs is 1. The maximum atomic E-state index is 4.27. The van der Waals surface area contributed by atoms with Crippen molar-refractivity contribution in [2.45, 2.75) is 26.7 Å². The summed E-state index contributed by atoms with van der Waals surface area (Å²) < 4.78 is 0. The van der Waals surface area contributed by atoms with E-state index in [0.717, 1.165) is 12.8 Å². The van der Waals surface area contributed by atoms with E-state index in [1.165, 1.54) is 43.8 Å². The second-order valence-corrected chi connectivity index (χ2v) is 11.5. The Hall–Kier alpha value is -3.28. The van der Waals surface area contributed by atoms with Crippen molar-refractivity contribution >= 4 is 34.7 Å². The molecule has 0 unspecified atom stereocenters. The quantitative estimate of drug-likeness (QED) is 0.312. The molecule has 0 bridgehead atoms. The van der Waals surface area contributed by atoms with Gasteiger partial charge in [-0.3, -0.25) is 0 Å². The van der Waals surface area contributed by atoms with Gasteiger partial charge in [-0.05, 0) is 45.7 Å². The molecule has 0 heterocycles. The maximum Gasteiger partial charge on any atom is 0.0441 e. The van der Waals surface area contributed by atoms with Crippen LogP contribution in [0.4, 0.5) is 5.69 Å². The lowest BCUT2D eigenvalue weighted by Gasteiger charge is -2.34. The standard InChI is InChI=1S/C31H30NP/c1-3-24-15-13-16-25(4-2)31(24)32-33(27-17-7-5-8-18-27,28-19-9-6-10-20-28)30-23-22-26-14-11-12-21-29(26)30/h5-23,32H,3-4H2,1-2H3. The van der Waals surface area contributed by atoms with Gasteiger partial charge in [0, 0.05) is 18.0 Å². The number of anilines is 1. The number of benzene rings is 4. The summed E-state index contributed by atoms with van der Waals surface area (Å²) in [7, 11) is -2.20. The van der Waals surface area contributed by atoms with Gasteiger partial charge in [0.15, 0.2) is 0 Å². The number of para-hydroxylation sites is 1. The highest BCUT2D eigenvalue weighted by Crippen LogP contribution is 2.51. The van der Waals surface area contributed by atoms with Crippen molar-refractivity contribution in [3.8, 4) is 0 Å². The molecule has 0 fully saturated rings. The number of rotatable bonds is 6. The van der Waals surface area contributed by atoms with Crippen molar-refractivity contribution in [3.05, 3.63) is 131 Å². The first-order valence-corrected chi connectivity index (χ1v) is 13.6. The SMILES string of the molecule is CCc1cccc(CC)c1NP(=C1C=Cc2ccccc21)(c1ccccc1)c1ccccc1. The van der Waals surface area contributed by atoms with Crippen molar-refractivity contribution in [3.63, 3.8) is 0 Å². The van der Waals surface area contributed by atoms with Crippen molar-refractivity contribution in [1.82, 2.24) is 0 Å². The Labute approximate surface area is 197 Å². The van der Waals surface area contributed by atoms with Gasteiger partial charge in [0.25, 0.3) is 0 Å². The van der Waals surface area contributed by atoms with Gasteiger partial charge in [-0.2, -0.15) is 0 Å². The summed E-state index contributed by atoms with van der Waals surface area (Å²) >= 11 is 0. The van der Waals surface area contributed by atoms with Crippen LogP contribution in [0.25, 0.3) is 6.08 Å². The summed E-state index contributed by atoms with van der Waals surface area (Å²) in [6, 6.07) is 37.7. The van der Waals surface area contributed by atoms with Crippen LogP contribution in [0.3, 0.4) is 0 Å². The molecule has 1 N–H and O–H groups in total. The third kappa shape index (κ3) is 3.77. The smallest absolute Gasteiger partial charge is 0.0441 e. The van der Waals surface area contributed by atoms with Crippen molar-refractivity contribution in [2.75, 3.05) is 5.09 Å². The van der Waals surface area contributed by atoms with Gasteiger partial charge in [0.2, 0.25) is 0 Å². The van der Waals surface area contributed by atoms with Gasteiger partial charge in [-0.1, -0.05) is 129 Å². The van der Waals surface area contributed by atoms with Crippen LogP contribution in [0.15, 0.2) is 109 Å². The van der Waals surface area contributed by atoms with Crippen LogP contribution in [0.5, 0.6) is 0 Å². The lowest BCUT2D eigenvalue weighted by molar-refractivity contribution is 1.09. The van der Waals surface area contributed by atoms with E-state index in [-0.39, 0.29) is 0 Å². The summed E-state index contributed by atoms with van der Waals surface area (Å²) in [5.41, 5.74) is 6.68. The van der Waals surface area contributed by atoms with Crippen LogP contribution in [0, 0.1) is 0 Å². The molecule has 33 heavy (non-hydrogen) atoms. The molecule has 4 aromatic rings. The van der Waals surface area contributed by atoms with E-state index in [1.54, 1.807) is 0 Å². The zero-order chi connectivity index (χ0) is 22.7. The Kier molecular flexibility index (Phi) is 6.07. The fourth-order valence-electron chi connectivity index (χ4n) is 4.90. The lowest BCUT2D eigenvalue weighted by atomic mass is 10.0. The molecular formula is C31H30NP. The van der Waals surface area contributed by atoms with Crippen molar-refractivity contribution in [1.29, 1.82) is 0 Å². The predicted molar refractivity (Wildman–Crippen MR) is 147 cm³/mol. The van der Waals surface area contributed by atoms with E-state index in [2.05, 4.69) is 134 Å². The molecule has 1 nitrogen and oxygen atoms in total. The molecule has 4 aromatic carbocycles. The predicted octanol–water partition coefficient (Wildman–Crippen LogP) is 7.05. The fourth-order valence-corrected chi connectivity index (χ4v) is 8.86. The molecule has 2 heteroatoms. The Morgan fingerprint density at radius 3 is 1.70 bits per heavy atom. The Morgan fingerprint density at radius 1 is 0.576 bits per heavy atom. The topological polar surface area (TPSA) is 12.0 Å². The van der Waals surface area contributed by atoms with E-state index in [9.17, 15) is 0 Å². The molecule has 5 rings (SSSR count). The molecule has 0 aromatic heterocycles. The number of allylic oxidation sites excluding steroid dienone is 1. The second-order valence-electron chi connectivity index (χ2n) is 8.42. The van der Waals surface area contributed by atoms with E-state index in [0.29, 0.717) is 0 Å². The van der Waals surface area contributed by atoms with Crippen LogP contribution in [-0.2, 0) is 12.8 Å². The third-order valence-corrected chi connectivity index (χ3v) is 10.4. The molecule has 0 saturated heterocycles. The molecule has 1 aliphatic carbocycles. The van der Waals surface area contributed by atoms with Crippen LogP contribution in [0.1, 0.15) is 36.1 Å². The molecule has 0 radical (unpaired) electrons. The van der Waals surface area contributed by atoms with E-state index in [1.807, 2.05) is 0 Å². The third-order valence-electron chi connectivity index (χ3n) is 6.58. The number of aryl methyl sites for hydroxylation is 2. The first-order valence-electron chi connectivity index (χ1n) is 11.8. The highest BCUT2D eigenvalue weighted by Gasteiger charge is 2.31. The summed E-state index contributed by atoms with van der Waals surface area (Å²) in [6.45, 7) is 4.51. The summed E-state index contributed by atoms with van der Waals surface area (Å²) in [5.74, 6) is 0. The van der Waals surface area contributed by atoms with Crippen molar-refractivity contribution in [2.24, 2.45) is 0 Å². The largest absolute Gasteiger partial charge is 0.358 e. The zero-order valence-electron chi connectivity index (χ0n) is 19.3. The van der Waals surface area contributed by atoms with Gasteiger partial charge >= 0.3 is 0 Å². The normalized spacial score (nSPS) is 12.6. The average molecular weight is 448 g/mol. The molecule has 0 saturated carbocycles. The minimum absolute atomic E-state index is 1.00. The Balaban J connectivity index is 1.93. The monoisotopic (exact) mass is 447 g/mol. The average Bonchev–Trinajstić information content (AvgIpc) is 3.33. The molecular weight excluding hydrogens is 417 g/mol. The minimum Gasteiger partial charge on any atom is -0.358 e. The van der Waals surface area contributed by atoms with E-state index >= 15 is 0 Å². The molecule has 0 spiro atoms. The zero-order valence-corrected chi connectivity index (χ0v) is 20.2. The first kappa shape index (κ1) is 21.6. The highest BCUT2D eigenvalue weighted by molar-refractivity contribution is 7.91. The maximum absolute atomic E-state index is 4.27. The van der Waals surface area contributed by atoms with Crippen LogP contribution < -0.4 is 15.7 Å². The first-order chi connectivity index (χ1) is 16.3. The van der Waals surface area contributed by atoms with Gasteiger partial charge in [-0.25, -0.2) is 0 Å². The number of nitrogens with one attached hydrogen (secondary N) is 1. The van der Waals surface area contributed by atoms with Crippen LogP contribution in [0.2, 0.25) is 0 Å². The van der Waals surface area contributed by atoms with Crippen molar-refractivity contribution < 1.29 is 0 Å². The highest BCUT2D eigenvalue weighted by atomic mass is 31.2. The summed E-state index contributed by atoms with van der Waals surface area (Å²) in [5, 5.41) is 8.36. The van der Waals surface area contributed by atoms with Gasteiger partial charge in [0.1, 0.15) is 0 Å². The summed E-state index contributed by atoms with van der Waals surface area (Å²) in [4.78, 5) is 0. The summed E-state index contributed by atoms with van der Waals surface area (Å²) in [6.07, 6.45) is 6.63. The molecule has 0 aliphatic heterocycles. The van der Waals surface area contributed by atoms with Gasteiger partial charge in [0.05, 0.1) is 0 Å². The molecule has 1 aliphatic rings. The molecule has 0 atom stereocenters. The van der Waals surface area contributed by atoms with Crippen LogP contribution in [-0.4, -0.2) is 5.29 Å². The van der Waals surface area contributed by atoms with Gasteiger partial charge in [-0.15, -0.1) is 0 Å². The second kappa shape index (κ2) is 9.30. The number of hydrogen-bond acceptors (Lipinski definition) is 1. The van der Waals surface area contributed by atoms with Crippen LogP contribution >= 0.6 is 7.04 Å². The van der Waals surface area contributed by atoms with E-state index < -0.39 is 7.04 Å². The Morgan fingerprint density at radius 2 is 1.12 bits per heavy atom. The number of hydrogen-bond donors (Lipinski definition) is 1. The molecule has 0 amide bonds. The van der Waals surface area contributed by atoms with Gasteiger partial charge < -0.3 is 5.09 Å². The minimum atomic E-state index is -2.20. The lowest BCUT2D eigenvalue weighted by Crippen LogP contribution is -2.28. The fraction of sp³-hybridized carbons (Fsp3) is 0.129. The Bertz CT molecular complexity index is 1280. The van der Waals surface area contributed by atoms with E-state index in [4.69, 9.17) is 0 Å².